The van der Waals surface area contributed by atoms with Crippen molar-refractivity contribution in [2.24, 2.45) is 0 Å². The topological polar surface area (TPSA) is 49.9 Å². The van der Waals surface area contributed by atoms with E-state index in [9.17, 15) is 0 Å². The summed E-state index contributed by atoms with van der Waals surface area (Å²) in [5.41, 5.74) is 2.22. The van der Waals surface area contributed by atoms with Crippen LogP contribution in [0.2, 0.25) is 0 Å². The Balaban J connectivity index is 2.28. The average Bonchev–Trinajstić information content (AvgIpc) is 2.78. The molecule has 0 fully saturated rings. The first-order valence-electron chi connectivity index (χ1n) is 5.57. The van der Waals surface area contributed by atoms with E-state index in [1.165, 1.54) is 0 Å². The third kappa shape index (κ3) is 2.47. The molecule has 0 aliphatic rings. The predicted octanol–water partition coefficient (Wildman–Crippen LogP) is 2.04. The van der Waals surface area contributed by atoms with Crippen molar-refractivity contribution in [3.05, 3.63) is 47.5 Å². The zero-order valence-electron chi connectivity index (χ0n) is 10.3. The summed E-state index contributed by atoms with van der Waals surface area (Å²) in [7, 11) is 3.59. The fourth-order valence-corrected chi connectivity index (χ4v) is 1.84. The summed E-state index contributed by atoms with van der Waals surface area (Å²) in [5, 5.41) is 3.25. The van der Waals surface area contributed by atoms with Crippen LogP contribution in [-0.2, 0) is 0 Å². The molecule has 2 aromatic rings. The smallest absolute Gasteiger partial charge is 0.128 e. The van der Waals surface area contributed by atoms with Gasteiger partial charge in [-0.15, -0.1) is 0 Å². The fraction of sp³-hybridized carbons (Fsp3) is 0.308. The van der Waals surface area contributed by atoms with E-state index in [1.54, 1.807) is 7.11 Å². The SMILES string of the molecule is CNC(c1ccc(OC)cc1)c1ncc(C)[nH]1. The number of hydrogen-bond acceptors (Lipinski definition) is 3. The van der Waals surface area contributed by atoms with Crippen LogP contribution in [0.5, 0.6) is 5.75 Å². The maximum absolute atomic E-state index is 5.15. The molecule has 0 amide bonds. The lowest BCUT2D eigenvalue weighted by Gasteiger charge is -2.14. The number of aromatic nitrogens is 2. The number of nitrogens with zero attached hydrogens (tertiary/aromatic N) is 1. The molecule has 2 rings (SSSR count). The maximum atomic E-state index is 5.15. The van der Waals surface area contributed by atoms with Crippen molar-refractivity contribution in [3.63, 3.8) is 0 Å². The minimum Gasteiger partial charge on any atom is -0.497 e. The van der Waals surface area contributed by atoms with Crippen molar-refractivity contribution < 1.29 is 4.74 Å². The Morgan fingerprint density at radius 1 is 1.29 bits per heavy atom. The molecule has 0 saturated heterocycles. The zero-order chi connectivity index (χ0) is 12.3. The summed E-state index contributed by atoms with van der Waals surface area (Å²) < 4.78 is 5.15. The van der Waals surface area contributed by atoms with Crippen LogP contribution in [0.15, 0.2) is 30.5 Å². The van der Waals surface area contributed by atoms with Crippen LogP contribution in [0, 0.1) is 6.92 Å². The number of aromatic amines is 1. The Morgan fingerprint density at radius 2 is 2.00 bits per heavy atom. The molecule has 1 atom stereocenters. The lowest BCUT2D eigenvalue weighted by molar-refractivity contribution is 0.414. The van der Waals surface area contributed by atoms with E-state index >= 15 is 0 Å². The van der Waals surface area contributed by atoms with Gasteiger partial charge in [-0.25, -0.2) is 4.98 Å². The zero-order valence-corrected chi connectivity index (χ0v) is 10.3. The van der Waals surface area contributed by atoms with Crippen molar-refractivity contribution in [1.82, 2.24) is 15.3 Å². The highest BCUT2D eigenvalue weighted by Crippen LogP contribution is 2.21. The van der Waals surface area contributed by atoms with Crippen LogP contribution >= 0.6 is 0 Å². The average molecular weight is 231 g/mol. The summed E-state index contributed by atoms with van der Waals surface area (Å²) >= 11 is 0. The molecule has 0 aliphatic heterocycles. The predicted molar refractivity (Wildman–Crippen MR) is 67.2 cm³/mol. The minimum atomic E-state index is 0.0783. The van der Waals surface area contributed by atoms with Crippen molar-refractivity contribution >= 4 is 0 Å². The third-order valence-electron chi connectivity index (χ3n) is 2.73. The van der Waals surface area contributed by atoms with Crippen LogP contribution in [0.25, 0.3) is 0 Å². The van der Waals surface area contributed by atoms with Crippen LogP contribution in [-0.4, -0.2) is 24.1 Å². The largest absolute Gasteiger partial charge is 0.497 e. The van der Waals surface area contributed by atoms with Gasteiger partial charge in [0.1, 0.15) is 11.6 Å². The summed E-state index contributed by atoms with van der Waals surface area (Å²) in [6, 6.07) is 8.07. The van der Waals surface area contributed by atoms with Gasteiger partial charge in [0.25, 0.3) is 0 Å². The van der Waals surface area contributed by atoms with Gasteiger partial charge in [0.2, 0.25) is 0 Å². The highest BCUT2D eigenvalue weighted by Gasteiger charge is 2.14. The Labute approximate surface area is 101 Å². The Bertz CT molecular complexity index is 476. The van der Waals surface area contributed by atoms with Crippen molar-refractivity contribution in [2.45, 2.75) is 13.0 Å². The van der Waals surface area contributed by atoms with Crippen LogP contribution in [0.3, 0.4) is 0 Å². The molecule has 17 heavy (non-hydrogen) atoms. The Morgan fingerprint density at radius 3 is 2.47 bits per heavy atom. The summed E-state index contributed by atoms with van der Waals surface area (Å²) in [5.74, 6) is 1.79. The number of ether oxygens (including phenoxy) is 1. The van der Waals surface area contributed by atoms with Gasteiger partial charge in [0, 0.05) is 11.9 Å². The second-order valence-corrected chi connectivity index (χ2v) is 3.95. The van der Waals surface area contributed by atoms with Gasteiger partial charge in [0.05, 0.1) is 13.2 Å². The van der Waals surface area contributed by atoms with Gasteiger partial charge < -0.3 is 15.0 Å². The monoisotopic (exact) mass is 231 g/mol. The molecule has 0 bridgehead atoms. The van der Waals surface area contributed by atoms with E-state index < -0.39 is 0 Å². The maximum Gasteiger partial charge on any atom is 0.128 e. The Kier molecular flexibility index (Phi) is 3.44. The molecule has 2 N–H and O–H groups in total. The molecule has 0 radical (unpaired) electrons. The summed E-state index contributed by atoms with van der Waals surface area (Å²) in [6.45, 7) is 2.00. The van der Waals surface area contributed by atoms with Gasteiger partial charge in [-0.1, -0.05) is 12.1 Å². The first-order chi connectivity index (χ1) is 8.24. The van der Waals surface area contributed by atoms with Crippen LogP contribution in [0.4, 0.5) is 0 Å². The summed E-state index contributed by atoms with van der Waals surface area (Å²) in [6.07, 6.45) is 1.84. The van der Waals surface area contributed by atoms with Crippen molar-refractivity contribution in [1.29, 1.82) is 0 Å². The first kappa shape index (κ1) is 11.7. The molecule has 4 nitrogen and oxygen atoms in total. The molecule has 0 spiro atoms. The molecule has 1 heterocycles. The van der Waals surface area contributed by atoms with Crippen LogP contribution < -0.4 is 10.1 Å². The molecular weight excluding hydrogens is 214 g/mol. The standard InChI is InChI=1S/C13H17N3O/c1-9-8-15-13(16-9)12(14-2)10-4-6-11(17-3)7-5-10/h4-8,12,14H,1-3H3,(H,15,16). The summed E-state index contributed by atoms with van der Waals surface area (Å²) in [4.78, 5) is 7.61. The molecule has 90 valence electrons. The number of aryl methyl sites for hydroxylation is 1. The van der Waals surface area contributed by atoms with Crippen molar-refractivity contribution in [2.75, 3.05) is 14.2 Å². The number of rotatable bonds is 4. The number of imidazole rings is 1. The molecular formula is C13H17N3O. The molecule has 1 aromatic carbocycles. The number of benzene rings is 1. The second kappa shape index (κ2) is 5.01. The normalized spacial score (nSPS) is 12.4. The quantitative estimate of drug-likeness (QED) is 0.846. The molecule has 1 unspecified atom stereocenters. The highest BCUT2D eigenvalue weighted by molar-refractivity contribution is 5.32. The molecule has 0 saturated carbocycles. The lowest BCUT2D eigenvalue weighted by Crippen LogP contribution is -2.18. The van der Waals surface area contributed by atoms with Gasteiger partial charge in [-0.3, -0.25) is 0 Å². The van der Waals surface area contributed by atoms with Gasteiger partial charge in [0.15, 0.2) is 0 Å². The van der Waals surface area contributed by atoms with E-state index in [-0.39, 0.29) is 6.04 Å². The fourth-order valence-electron chi connectivity index (χ4n) is 1.84. The number of methoxy groups -OCH3 is 1. The van der Waals surface area contributed by atoms with E-state index in [1.807, 2.05) is 44.4 Å². The highest BCUT2D eigenvalue weighted by atomic mass is 16.5. The van der Waals surface area contributed by atoms with Gasteiger partial charge in [-0.2, -0.15) is 0 Å². The van der Waals surface area contributed by atoms with Crippen molar-refractivity contribution in [3.8, 4) is 5.75 Å². The van der Waals surface area contributed by atoms with Crippen LogP contribution in [0.1, 0.15) is 23.1 Å². The van der Waals surface area contributed by atoms with E-state index in [0.717, 1.165) is 22.8 Å². The minimum absolute atomic E-state index is 0.0783. The second-order valence-electron chi connectivity index (χ2n) is 3.95. The third-order valence-corrected chi connectivity index (χ3v) is 2.73. The number of nitrogens with one attached hydrogen (secondary N) is 2. The van der Waals surface area contributed by atoms with Gasteiger partial charge in [-0.05, 0) is 31.7 Å². The van der Waals surface area contributed by atoms with E-state index in [4.69, 9.17) is 4.74 Å². The lowest BCUT2D eigenvalue weighted by atomic mass is 10.1. The first-order valence-corrected chi connectivity index (χ1v) is 5.57. The molecule has 1 aromatic heterocycles. The number of hydrogen-bond donors (Lipinski definition) is 2. The van der Waals surface area contributed by atoms with E-state index in [0.29, 0.717) is 0 Å². The number of H-pyrrole nitrogens is 1. The molecule has 0 aliphatic carbocycles. The van der Waals surface area contributed by atoms with Gasteiger partial charge >= 0.3 is 0 Å². The Hall–Kier alpha value is -1.81. The molecule has 4 heteroatoms. The van der Waals surface area contributed by atoms with E-state index in [2.05, 4.69) is 15.3 Å².